The van der Waals surface area contributed by atoms with E-state index in [0.717, 1.165) is 23.8 Å². The average Bonchev–Trinajstić information content (AvgIpc) is 2.86. The first-order valence-corrected chi connectivity index (χ1v) is 10.8. The van der Waals surface area contributed by atoms with Gasteiger partial charge in [-0.15, -0.1) is 0 Å². The summed E-state index contributed by atoms with van der Waals surface area (Å²) in [6, 6.07) is 6.78. The summed E-state index contributed by atoms with van der Waals surface area (Å²) in [5.74, 6) is 0. The van der Waals surface area contributed by atoms with Gasteiger partial charge in [-0.05, 0) is 23.7 Å². The molecule has 114 valence electrons. The van der Waals surface area contributed by atoms with Gasteiger partial charge in [0.15, 0.2) is 0 Å². The predicted molar refractivity (Wildman–Crippen MR) is 90.6 cm³/mol. The van der Waals surface area contributed by atoms with E-state index in [1.807, 2.05) is 30.6 Å². The molecule has 4 N–H and O–H groups in total. The van der Waals surface area contributed by atoms with Crippen molar-refractivity contribution in [1.29, 1.82) is 0 Å². The largest absolute Gasteiger partial charge is 0.397 e. The maximum Gasteiger partial charge on any atom is 0.139 e. The Morgan fingerprint density at radius 3 is 2.57 bits per heavy atom. The van der Waals surface area contributed by atoms with Crippen molar-refractivity contribution in [2.75, 3.05) is 18.1 Å². The van der Waals surface area contributed by atoms with Crippen molar-refractivity contribution in [2.24, 2.45) is 0 Å². The average molecular weight is 304 g/mol. The van der Waals surface area contributed by atoms with Crippen molar-refractivity contribution in [3.05, 3.63) is 30.6 Å². The fraction of sp³-hybridized carbons (Fsp3) is 0.400. The van der Waals surface area contributed by atoms with Crippen LogP contribution in [0.15, 0.2) is 30.6 Å². The van der Waals surface area contributed by atoms with E-state index in [-0.39, 0.29) is 0 Å². The molecule has 0 saturated heterocycles. The second-order valence-electron chi connectivity index (χ2n) is 6.46. The van der Waals surface area contributed by atoms with Gasteiger partial charge in [0, 0.05) is 26.4 Å². The van der Waals surface area contributed by atoms with Gasteiger partial charge >= 0.3 is 0 Å². The summed E-state index contributed by atoms with van der Waals surface area (Å²) in [5.41, 5.74) is 14.8. The lowest BCUT2D eigenvalue weighted by molar-refractivity contribution is 0.0786. The van der Waals surface area contributed by atoms with Crippen LogP contribution in [0.1, 0.15) is 0 Å². The highest BCUT2D eigenvalue weighted by molar-refractivity contribution is 6.76. The Bertz CT molecular complexity index is 604. The Kier molecular flexibility index (Phi) is 4.69. The highest BCUT2D eigenvalue weighted by Gasteiger charge is 2.12. The Balaban J connectivity index is 1.93. The van der Waals surface area contributed by atoms with Crippen molar-refractivity contribution in [3.8, 4) is 11.1 Å². The Morgan fingerprint density at radius 2 is 1.90 bits per heavy atom. The Labute approximate surface area is 126 Å². The van der Waals surface area contributed by atoms with Crippen LogP contribution in [0.4, 0.5) is 11.4 Å². The van der Waals surface area contributed by atoms with Crippen LogP contribution in [0.25, 0.3) is 11.1 Å². The number of aromatic nitrogens is 2. The summed E-state index contributed by atoms with van der Waals surface area (Å²) in [4.78, 5) is 0. The molecule has 0 aliphatic rings. The van der Waals surface area contributed by atoms with E-state index in [1.165, 1.54) is 0 Å². The van der Waals surface area contributed by atoms with Gasteiger partial charge in [-0.3, -0.25) is 0 Å². The summed E-state index contributed by atoms with van der Waals surface area (Å²) in [5, 5.41) is 4.31. The molecule has 0 aliphatic heterocycles. The van der Waals surface area contributed by atoms with E-state index < -0.39 is 8.07 Å². The first-order valence-electron chi connectivity index (χ1n) is 7.11. The SMILES string of the molecule is C[Si](C)(C)CCOCn1cc(-c2ccc(N)c(N)c2)cn1. The van der Waals surface area contributed by atoms with Gasteiger partial charge in [-0.1, -0.05) is 25.7 Å². The number of anilines is 2. The molecule has 0 amide bonds. The van der Waals surface area contributed by atoms with E-state index in [9.17, 15) is 0 Å². The minimum Gasteiger partial charge on any atom is -0.397 e. The summed E-state index contributed by atoms with van der Waals surface area (Å²) < 4.78 is 7.48. The summed E-state index contributed by atoms with van der Waals surface area (Å²) >= 11 is 0. The number of rotatable bonds is 6. The molecular formula is C15H24N4OSi. The standard InChI is InChI=1S/C15H24N4OSi/c1-21(2,3)7-6-20-11-19-10-13(9-18-19)12-4-5-14(16)15(17)8-12/h4-5,8-10H,6-7,11,16-17H2,1-3H3. The molecule has 2 aromatic rings. The third kappa shape index (κ3) is 4.61. The molecular weight excluding hydrogens is 280 g/mol. The second kappa shape index (κ2) is 6.32. The molecule has 21 heavy (non-hydrogen) atoms. The molecule has 1 heterocycles. The fourth-order valence-corrected chi connectivity index (χ4v) is 2.63. The van der Waals surface area contributed by atoms with E-state index in [2.05, 4.69) is 24.7 Å². The van der Waals surface area contributed by atoms with Crippen LogP contribution in [0.3, 0.4) is 0 Å². The van der Waals surface area contributed by atoms with Crippen molar-refractivity contribution < 1.29 is 4.74 Å². The van der Waals surface area contributed by atoms with Crippen molar-refractivity contribution >= 4 is 19.4 Å². The highest BCUT2D eigenvalue weighted by Crippen LogP contribution is 2.24. The molecule has 6 heteroatoms. The lowest BCUT2D eigenvalue weighted by Gasteiger charge is -2.15. The fourth-order valence-electron chi connectivity index (χ4n) is 1.87. The van der Waals surface area contributed by atoms with Crippen LogP contribution < -0.4 is 11.5 Å². The number of nitrogen functional groups attached to an aromatic ring is 2. The number of ether oxygens (including phenoxy) is 1. The molecule has 0 atom stereocenters. The third-order valence-electron chi connectivity index (χ3n) is 3.27. The first kappa shape index (κ1) is 15.6. The van der Waals surface area contributed by atoms with Gasteiger partial charge in [0.05, 0.1) is 17.6 Å². The van der Waals surface area contributed by atoms with E-state index in [4.69, 9.17) is 16.2 Å². The van der Waals surface area contributed by atoms with Gasteiger partial charge in [0.2, 0.25) is 0 Å². The van der Waals surface area contributed by atoms with Crippen LogP contribution in [0, 0.1) is 0 Å². The minimum atomic E-state index is -1.03. The monoisotopic (exact) mass is 304 g/mol. The third-order valence-corrected chi connectivity index (χ3v) is 4.98. The molecule has 0 unspecified atom stereocenters. The van der Waals surface area contributed by atoms with Crippen LogP contribution in [-0.2, 0) is 11.5 Å². The number of hydrogen-bond acceptors (Lipinski definition) is 4. The number of nitrogens with two attached hydrogens (primary N) is 2. The number of benzene rings is 1. The lowest BCUT2D eigenvalue weighted by Crippen LogP contribution is -2.22. The molecule has 1 aromatic heterocycles. The molecule has 1 aromatic carbocycles. The number of hydrogen-bond donors (Lipinski definition) is 2. The Hall–Kier alpha value is -1.79. The highest BCUT2D eigenvalue weighted by atomic mass is 28.3. The van der Waals surface area contributed by atoms with E-state index in [0.29, 0.717) is 18.1 Å². The maximum atomic E-state index is 5.83. The second-order valence-corrected chi connectivity index (χ2v) is 12.1. The summed E-state index contributed by atoms with van der Waals surface area (Å²) in [6.07, 6.45) is 3.77. The van der Waals surface area contributed by atoms with Gasteiger partial charge in [-0.25, -0.2) is 4.68 Å². The normalized spacial score (nSPS) is 11.8. The van der Waals surface area contributed by atoms with Gasteiger partial charge in [0.1, 0.15) is 6.73 Å². The van der Waals surface area contributed by atoms with Crippen LogP contribution >= 0.6 is 0 Å². The van der Waals surface area contributed by atoms with Crippen molar-refractivity contribution in [3.63, 3.8) is 0 Å². The molecule has 5 nitrogen and oxygen atoms in total. The van der Waals surface area contributed by atoms with Crippen molar-refractivity contribution in [1.82, 2.24) is 9.78 Å². The molecule has 0 fully saturated rings. The minimum absolute atomic E-state index is 0.481. The summed E-state index contributed by atoms with van der Waals surface area (Å²) in [7, 11) is -1.03. The van der Waals surface area contributed by atoms with Crippen molar-refractivity contribution in [2.45, 2.75) is 32.4 Å². The predicted octanol–water partition coefficient (Wildman–Crippen LogP) is 3.03. The number of nitrogens with zero attached hydrogens (tertiary/aromatic N) is 2. The van der Waals surface area contributed by atoms with Gasteiger partial charge < -0.3 is 16.2 Å². The summed E-state index contributed by atoms with van der Waals surface area (Å²) in [6.45, 7) is 8.30. The van der Waals surface area contributed by atoms with Crippen LogP contribution in [0.2, 0.25) is 25.7 Å². The molecule has 0 radical (unpaired) electrons. The van der Waals surface area contributed by atoms with E-state index >= 15 is 0 Å². The molecule has 0 spiro atoms. The zero-order chi connectivity index (χ0) is 15.5. The molecule has 0 bridgehead atoms. The smallest absolute Gasteiger partial charge is 0.139 e. The maximum absolute atomic E-state index is 5.83. The molecule has 0 saturated carbocycles. The first-order chi connectivity index (χ1) is 9.85. The zero-order valence-electron chi connectivity index (χ0n) is 13.0. The zero-order valence-corrected chi connectivity index (χ0v) is 14.0. The molecule has 2 rings (SSSR count). The molecule has 0 aliphatic carbocycles. The van der Waals surface area contributed by atoms with Gasteiger partial charge in [-0.2, -0.15) is 5.10 Å². The Morgan fingerprint density at radius 1 is 1.14 bits per heavy atom. The van der Waals surface area contributed by atoms with E-state index in [1.54, 1.807) is 4.68 Å². The quantitative estimate of drug-likeness (QED) is 0.488. The lowest BCUT2D eigenvalue weighted by atomic mass is 10.1. The van der Waals surface area contributed by atoms with Gasteiger partial charge in [0.25, 0.3) is 0 Å². The topological polar surface area (TPSA) is 79.1 Å². The van der Waals surface area contributed by atoms with Crippen LogP contribution in [0.5, 0.6) is 0 Å². The van der Waals surface area contributed by atoms with Crippen LogP contribution in [-0.4, -0.2) is 24.5 Å².